The number of nitrogens with zero attached hydrogens (tertiary/aromatic N) is 4. The van der Waals surface area contributed by atoms with Crippen molar-refractivity contribution in [2.75, 3.05) is 64.8 Å². The molecule has 1 amide bonds. The maximum absolute atomic E-state index is 12.8. The zero-order valence-corrected chi connectivity index (χ0v) is 17.0. The lowest BCUT2D eigenvalue weighted by molar-refractivity contribution is -0.122. The number of para-hydroxylation sites is 1. The summed E-state index contributed by atoms with van der Waals surface area (Å²) < 4.78 is 1.87. The summed E-state index contributed by atoms with van der Waals surface area (Å²) in [4.78, 5) is 20.3. The molecule has 0 radical (unpaired) electrons. The van der Waals surface area contributed by atoms with Crippen LogP contribution in [0.25, 0.3) is 10.9 Å². The summed E-state index contributed by atoms with van der Waals surface area (Å²) in [5.41, 5.74) is 4.16. The molecule has 0 aliphatic carbocycles. The van der Waals surface area contributed by atoms with Crippen LogP contribution in [0.2, 0.25) is 0 Å². The minimum Gasteiger partial charge on any atom is -0.304 e. The zero-order chi connectivity index (χ0) is 19.3. The van der Waals surface area contributed by atoms with Crippen molar-refractivity contribution in [3.05, 3.63) is 36.5 Å². The van der Waals surface area contributed by atoms with Crippen LogP contribution >= 0.6 is 0 Å². The summed E-state index contributed by atoms with van der Waals surface area (Å²) in [6.07, 6.45) is 5.23. The van der Waals surface area contributed by atoms with Crippen LogP contribution in [-0.2, 0) is 4.79 Å². The number of fused-ring (bicyclic) bond motifs is 1. The molecule has 2 fully saturated rings. The van der Waals surface area contributed by atoms with Gasteiger partial charge >= 0.3 is 0 Å². The second-order valence-electron chi connectivity index (χ2n) is 8.36. The molecule has 152 valence electrons. The quantitative estimate of drug-likeness (QED) is 0.829. The Morgan fingerprint density at radius 2 is 1.82 bits per heavy atom. The number of aromatic nitrogens is 1. The molecule has 1 N–H and O–H groups in total. The van der Waals surface area contributed by atoms with E-state index in [0.29, 0.717) is 0 Å². The third-order valence-corrected chi connectivity index (χ3v) is 6.25. The van der Waals surface area contributed by atoms with Crippen molar-refractivity contribution >= 4 is 16.8 Å². The fraction of sp³-hybridized carbons (Fsp3) is 0.591. The molecular weight excluding hydrogens is 350 g/mol. The molecular formula is C22H33N5O. The van der Waals surface area contributed by atoms with Gasteiger partial charge in [-0.3, -0.25) is 14.9 Å². The van der Waals surface area contributed by atoms with E-state index < -0.39 is 0 Å². The molecule has 1 atom stereocenters. The minimum atomic E-state index is 0.0820. The Kier molecular flexibility index (Phi) is 6.29. The Morgan fingerprint density at radius 1 is 1.04 bits per heavy atom. The first-order chi connectivity index (χ1) is 13.7. The van der Waals surface area contributed by atoms with Crippen molar-refractivity contribution in [2.45, 2.75) is 19.3 Å². The SMILES string of the molecule is CN1CCN(CCCN2CCCC(C(=O)Nn3ccc4ccccc43)C2)CC1. The average molecular weight is 384 g/mol. The molecule has 1 aromatic carbocycles. The average Bonchev–Trinajstić information content (AvgIpc) is 3.13. The maximum atomic E-state index is 12.8. The first kappa shape index (κ1) is 19.4. The van der Waals surface area contributed by atoms with Crippen molar-refractivity contribution in [3.8, 4) is 0 Å². The number of nitrogens with one attached hydrogen (secondary N) is 1. The van der Waals surface area contributed by atoms with Crippen LogP contribution in [0.1, 0.15) is 19.3 Å². The number of benzene rings is 1. The van der Waals surface area contributed by atoms with E-state index in [1.165, 1.54) is 39.1 Å². The normalized spacial score (nSPS) is 22.5. The van der Waals surface area contributed by atoms with E-state index in [0.717, 1.165) is 43.4 Å². The summed E-state index contributed by atoms with van der Waals surface area (Å²) in [6, 6.07) is 10.2. The van der Waals surface area contributed by atoms with E-state index in [1.807, 2.05) is 35.1 Å². The number of carbonyl (C=O) groups is 1. The number of piperazine rings is 1. The van der Waals surface area contributed by atoms with Crippen LogP contribution in [0, 0.1) is 5.92 Å². The number of rotatable bonds is 6. The van der Waals surface area contributed by atoms with E-state index >= 15 is 0 Å². The number of piperidine rings is 1. The monoisotopic (exact) mass is 383 g/mol. The van der Waals surface area contributed by atoms with Gasteiger partial charge in [-0.2, -0.15) is 0 Å². The van der Waals surface area contributed by atoms with Gasteiger partial charge in [-0.05, 0) is 58.1 Å². The molecule has 6 heteroatoms. The Balaban J connectivity index is 1.24. The van der Waals surface area contributed by atoms with Gasteiger partial charge in [0.05, 0.1) is 11.4 Å². The third-order valence-electron chi connectivity index (χ3n) is 6.25. The lowest BCUT2D eigenvalue weighted by Gasteiger charge is -2.34. The standard InChI is InChI=1S/C22H33N5O/c1-24-14-16-25(17-15-24)11-5-12-26-10-4-7-20(18-26)22(28)23-27-13-9-19-6-2-3-8-21(19)27/h2-3,6,8-9,13,20H,4-5,7,10-12,14-18H2,1H3,(H,23,28). The summed E-state index contributed by atoms with van der Waals surface area (Å²) >= 11 is 0. The second-order valence-corrected chi connectivity index (χ2v) is 8.36. The molecule has 3 heterocycles. The van der Waals surface area contributed by atoms with Crippen molar-refractivity contribution in [1.82, 2.24) is 19.4 Å². The highest BCUT2D eigenvalue weighted by molar-refractivity contribution is 5.89. The molecule has 2 aliphatic heterocycles. The first-order valence-electron chi connectivity index (χ1n) is 10.7. The maximum Gasteiger partial charge on any atom is 0.243 e. The molecule has 2 aliphatic rings. The van der Waals surface area contributed by atoms with E-state index in [9.17, 15) is 4.79 Å². The van der Waals surface area contributed by atoms with Gasteiger partial charge in [0.25, 0.3) is 0 Å². The van der Waals surface area contributed by atoms with Gasteiger partial charge in [-0.25, -0.2) is 0 Å². The summed E-state index contributed by atoms with van der Waals surface area (Å²) in [7, 11) is 2.20. The van der Waals surface area contributed by atoms with Crippen LogP contribution < -0.4 is 5.43 Å². The van der Waals surface area contributed by atoms with Gasteiger partial charge in [0.1, 0.15) is 0 Å². The highest BCUT2D eigenvalue weighted by Crippen LogP contribution is 2.19. The van der Waals surface area contributed by atoms with Crippen molar-refractivity contribution < 1.29 is 4.79 Å². The highest BCUT2D eigenvalue weighted by Gasteiger charge is 2.26. The van der Waals surface area contributed by atoms with Crippen molar-refractivity contribution in [2.24, 2.45) is 5.92 Å². The largest absolute Gasteiger partial charge is 0.304 e. The second kappa shape index (κ2) is 9.07. The molecule has 1 unspecified atom stereocenters. The van der Waals surface area contributed by atoms with Crippen molar-refractivity contribution in [1.29, 1.82) is 0 Å². The Morgan fingerprint density at radius 3 is 2.68 bits per heavy atom. The van der Waals surface area contributed by atoms with E-state index in [4.69, 9.17) is 0 Å². The molecule has 0 saturated carbocycles. The van der Waals surface area contributed by atoms with E-state index in [1.54, 1.807) is 0 Å². The predicted molar refractivity (Wildman–Crippen MR) is 114 cm³/mol. The number of hydrogen-bond donors (Lipinski definition) is 1. The molecule has 6 nitrogen and oxygen atoms in total. The van der Waals surface area contributed by atoms with E-state index in [-0.39, 0.29) is 11.8 Å². The van der Waals surface area contributed by atoms with Crippen LogP contribution in [-0.4, -0.2) is 84.7 Å². The fourth-order valence-corrected chi connectivity index (χ4v) is 4.45. The van der Waals surface area contributed by atoms with Crippen LogP contribution in [0.5, 0.6) is 0 Å². The number of amides is 1. The summed E-state index contributed by atoms with van der Waals surface area (Å²) in [5.74, 6) is 0.226. The molecule has 2 aromatic rings. The van der Waals surface area contributed by atoms with Crippen LogP contribution in [0.4, 0.5) is 0 Å². The summed E-state index contributed by atoms with van der Waals surface area (Å²) in [5, 5.41) is 1.15. The number of likely N-dealkylation sites (tertiary alicyclic amines) is 1. The molecule has 0 bridgehead atoms. The van der Waals surface area contributed by atoms with Gasteiger partial charge in [0, 0.05) is 44.3 Å². The zero-order valence-electron chi connectivity index (χ0n) is 17.0. The Labute approximate surface area is 168 Å². The first-order valence-corrected chi connectivity index (χ1v) is 10.7. The topological polar surface area (TPSA) is 43.8 Å². The highest BCUT2D eigenvalue weighted by atomic mass is 16.2. The number of likely N-dealkylation sites (N-methyl/N-ethyl adjacent to an activating group) is 1. The molecule has 4 rings (SSSR count). The smallest absolute Gasteiger partial charge is 0.243 e. The van der Waals surface area contributed by atoms with Crippen LogP contribution in [0.3, 0.4) is 0 Å². The van der Waals surface area contributed by atoms with E-state index in [2.05, 4.69) is 33.2 Å². The van der Waals surface area contributed by atoms with Crippen LogP contribution in [0.15, 0.2) is 36.5 Å². The fourth-order valence-electron chi connectivity index (χ4n) is 4.45. The molecule has 2 saturated heterocycles. The lowest BCUT2D eigenvalue weighted by Crippen LogP contribution is -2.46. The molecule has 28 heavy (non-hydrogen) atoms. The lowest BCUT2D eigenvalue weighted by atomic mass is 9.97. The van der Waals surface area contributed by atoms with Crippen molar-refractivity contribution in [3.63, 3.8) is 0 Å². The Hall–Kier alpha value is -1.89. The van der Waals surface area contributed by atoms with Gasteiger partial charge in [0.2, 0.25) is 5.91 Å². The molecule has 1 aromatic heterocycles. The van der Waals surface area contributed by atoms with Gasteiger partial charge in [-0.15, -0.1) is 0 Å². The molecule has 0 spiro atoms. The van der Waals surface area contributed by atoms with Gasteiger partial charge in [0.15, 0.2) is 0 Å². The van der Waals surface area contributed by atoms with Gasteiger partial charge < -0.3 is 14.7 Å². The number of hydrogen-bond acceptors (Lipinski definition) is 4. The number of carbonyl (C=O) groups excluding carboxylic acids is 1. The minimum absolute atomic E-state index is 0.0820. The third kappa shape index (κ3) is 4.74. The summed E-state index contributed by atoms with van der Waals surface area (Å²) in [6.45, 7) is 9.02. The Bertz CT molecular complexity index is 780. The van der Waals surface area contributed by atoms with Gasteiger partial charge in [-0.1, -0.05) is 18.2 Å². The predicted octanol–water partition coefficient (Wildman–Crippen LogP) is 2.06.